The van der Waals surface area contributed by atoms with E-state index in [1.165, 1.54) is 18.0 Å². The maximum absolute atomic E-state index is 13.0. The fourth-order valence-corrected chi connectivity index (χ4v) is 2.13. The number of hydrogen-bond donors (Lipinski definition) is 1. The highest BCUT2D eigenvalue weighted by Gasteiger charge is 2.32. The van der Waals surface area contributed by atoms with Crippen LogP contribution in [0.15, 0.2) is 30.9 Å². The van der Waals surface area contributed by atoms with Gasteiger partial charge < -0.3 is 15.4 Å². The van der Waals surface area contributed by atoms with E-state index >= 15 is 0 Å². The van der Waals surface area contributed by atoms with Gasteiger partial charge in [0.05, 0.1) is 11.1 Å². The van der Waals surface area contributed by atoms with Crippen LogP contribution in [0.1, 0.15) is 36.2 Å². The van der Waals surface area contributed by atoms with Gasteiger partial charge in [0.1, 0.15) is 12.4 Å². The van der Waals surface area contributed by atoms with Gasteiger partial charge in [0.15, 0.2) is 0 Å². The molecule has 8 heteroatoms. The molecule has 148 valence electrons. The number of carbonyl (C=O) groups excluding carboxylic acids is 1. The Balaban J connectivity index is 0.00000625. The first-order valence-corrected chi connectivity index (χ1v) is 8.04. The second-order valence-corrected chi connectivity index (χ2v) is 6.23. The molecule has 1 aromatic rings. The summed E-state index contributed by atoms with van der Waals surface area (Å²) in [6.45, 7) is 7.87. The lowest BCUT2D eigenvalue weighted by Gasteiger charge is -2.23. The first-order chi connectivity index (χ1) is 11.6. The lowest BCUT2D eigenvalue weighted by atomic mass is 10.0. The molecule has 0 radical (unpaired) electrons. The van der Waals surface area contributed by atoms with Gasteiger partial charge in [0.2, 0.25) is 0 Å². The van der Waals surface area contributed by atoms with E-state index in [9.17, 15) is 18.0 Å². The fraction of sp³-hybridized carbons (Fsp3) is 0.500. The van der Waals surface area contributed by atoms with Crippen molar-refractivity contribution in [3.63, 3.8) is 0 Å². The monoisotopic (exact) mass is 394 g/mol. The van der Waals surface area contributed by atoms with E-state index in [0.717, 1.165) is 18.2 Å². The summed E-state index contributed by atoms with van der Waals surface area (Å²) in [5.74, 6) is -0.192. The predicted molar refractivity (Wildman–Crippen MR) is 98.8 cm³/mol. The average Bonchev–Trinajstić information content (AvgIpc) is 2.55. The van der Waals surface area contributed by atoms with Gasteiger partial charge in [-0.2, -0.15) is 13.2 Å². The molecule has 0 saturated carbocycles. The van der Waals surface area contributed by atoms with Gasteiger partial charge in [-0.05, 0) is 30.5 Å². The molecule has 1 atom stereocenters. The Morgan fingerprint density at radius 1 is 1.38 bits per heavy atom. The molecular formula is C18H26ClF3N2O2. The van der Waals surface area contributed by atoms with E-state index in [0.29, 0.717) is 13.0 Å². The number of alkyl halides is 3. The lowest BCUT2D eigenvalue weighted by molar-refractivity contribution is -0.137. The Hall–Kier alpha value is -1.73. The van der Waals surface area contributed by atoms with Crippen LogP contribution in [0.25, 0.3) is 0 Å². The molecule has 1 amide bonds. The molecule has 0 aliphatic carbocycles. The number of hydrogen-bond acceptors (Lipinski definition) is 3. The number of halogens is 4. The normalized spacial score (nSPS) is 12.3. The highest BCUT2D eigenvalue weighted by Crippen LogP contribution is 2.33. The van der Waals surface area contributed by atoms with Crippen molar-refractivity contribution >= 4 is 18.3 Å². The van der Waals surface area contributed by atoms with Crippen LogP contribution in [0.4, 0.5) is 13.2 Å². The van der Waals surface area contributed by atoms with Gasteiger partial charge >= 0.3 is 6.18 Å². The SMILES string of the molecule is C=CCOc1ccc(C(F)(F)F)cc1C(=O)N(C)CCC(N)C(C)C.Cl. The first-order valence-electron chi connectivity index (χ1n) is 8.04. The van der Waals surface area contributed by atoms with Crippen LogP contribution in [-0.2, 0) is 6.18 Å². The number of nitrogens with two attached hydrogens (primary N) is 1. The largest absolute Gasteiger partial charge is 0.489 e. The molecule has 0 spiro atoms. The molecule has 1 aromatic carbocycles. The quantitative estimate of drug-likeness (QED) is 0.674. The highest BCUT2D eigenvalue weighted by atomic mass is 35.5. The predicted octanol–water partition coefficient (Wildman–Crippen LogP) is 4.14. The van der Waals surface area contributed by atoms with Gasteiger partial charge in [-0.3, -0.25) is 4.79 Å². The van der Waals surface area contributed by atoms with E-state index in [1.807, 2.05) is 13.8 Å². The molecule has 0 aliphatic heterocycles. The molecule has 1 rings (SSSR count). The number of rotatable bonds is 8. The molecule has 2 N–H and O–H groups in total. The Bertz CT molecular complexity index is 607. The second kappa shape index (κ2) is 10.4. The summed E-state index contributed by atoms with van der Waals surface area (Å²) in [4.78, 5) is 14.0. The lowest BCUT2D eigenvalue weighted by Crippen LogP contribution is -2.35. The molecule has 0 aromatic heterocycles. The van der Waals surface area contributed by atoms with Crippen molar-refractivity contribution in [1.29, 1.82) is 0 Å². The zero-order valence-electron chi connectivity index (χ0n) is 15.2. The molecule has 4 nitrogen and oxygen atoms in total. The van der Waals surface area contributed by atoms with E-state index in [2.05, 4.69) is 6.58 Å². The van der Waals surface area contributed by atoms with E-state index < -0.39 is 17.6 Å². The summed E-state index contributed by atoms with van der Waals surface area (Å²) in [6.07, 6.45) is -2.52. The Morgan fingerprint density at radius 2 is 2.00 bits per heavy atom. The van der Waals surface area contributed by atoms with Gasteiger partial charge in [-0.15, -0.1) is 12.4 Å². The fourth-order valence-electron chi connectivity index (χ4n) is 2.13. The van der Waals surface area contributed by atoms with E-state index in [1.54, 1.807) is 0 Å². The van der Waals surface area contributed by atoms with Crippen molar-refractivity contribution < 1.29 is 22.7 Å². The van der Waals surface area contributed by atoms with Crippen LogP contribution < -0.4 is 10.5 Å². The number of carbonyl (C=O) groups is 1. The van der Waals surface area contributed by atoms with Crippen molar-refractivity contribution in [3.8, 4) is 5.75 Å². The minimum atomic E-state index is -4.54. The number of nitrogens with zero attached hydrogens (tertiary/aromatic N) is 1. The minimum absolute atomic E-state index is 0. The number of ether oxygens (including phenoxy) is 1. The van der Waals surface area contributed by atoms with Crippen LogP contribution in [0.2, 0.25) is 0 Å². The van der Waals surface area contributed by atoms with Crippen LogP contribution in [0.5, 0.6) is 5.75 Å². The van der Waals surface area contributed by atoms with Crippen molar-refractivity contribution in [1.82, 2.24) is 4.90 Å². The molecule has 0 saturated heterocycles. The first kappa shape index (κ1) is 24.3. The Labute approximate surface area is 158 Å². The van der Waals surface area contributed by atoms with Crippen LogP contribution >= 0.6 is 12.4 Å². The number of benzene rings is 1. The molecular weight excluding hydrogens is 369 g/mol. The van der Waals surface area contributed by atoms with Crippen LogP contribution in [-0.4, -0.2) is 37.0 Å². The van der Waals surface area contributed by atoms with Gasteiger partial charge in [-0.1, -0.05) is 26.5 Å². The summed E-state index contributed by atoms with van der Waals surface area (Å²) in [7, 11) is 1.53. The molecule has 0 aliphatic rings. The van der Waals surface area contributed by atoms with Crippen LogP contribution in [0, 0.1) is 5.92 Å². The summed E-state index contributed by atoms with van der Waals surface area (Å²) in [6, 6.07) is 2.78. The molecule has 0 heterocycles. The zero-order chi connectivity index (χ0) is 19.2. The summed E-state index contributed by atoms with van der Waals surface area (Å²) >= 11 is 0. The summed E-state index contributed by atoms with van der Waals surface area (Å²) in [5, 5.41) is 0. The van der Waals surface area contributed by atoms with Crippen molar-refractivity contribution in [2.24, 2.45) is 11.7 Å². The van der Waals surface area contributed by atoms with Gasteiger partial charge in [-0.25, -0.2) is 0 Å². The third kappa shape index (κ3) is 6.88. The minimum Gasteiger partial charge on any atom is -0.489 e. The summed E-state index contributed by atoms with van der Waals surface area (Å²) in [5.41, 5.74) is 4.94. The van der Waals surface area contributed by atoms with Crippen molar-refractivity contribution in [2.45, 2.75) is 32.5 Å². The van der Waals surface area contributed by atoms with Crippen LogP contribution in [0.3, 0.4) is 0 Å². The third-order valence-corrected chi connectivity index (χ3v) is 3.89. The number of amides is 1. The van der Waals surface area contributed by atoms with Gasteiger partial charge in [0, 0.05) is 19.6 Å². The molecule has 0 fully saturated rings. The van der Waals surface area contributed by atoms with E-state index in [4.69, 9.17) is 10.5 Å². The Kier molecular flexibility index (Phi) is 9.73. The summed E-state index contributed by atoms with van der Waals surface area (Å²) < 4.78 is 44.2. The highest BCUT2D eigenvalue weighted by molar-refractivity contribution is 5.97. The maximum atomic E-state index is 13.0. The molecule has 0 bridgehead atoms. The topological polar surface area (TPSA) is 55.6 Å². The zero-order valence-corrected chi connectivity index (χ0v) is 16.0. The van der Waals surface area contributed by atoms with Gasteiger partial charge in [0.25, 0.3) is 5.91 Å². The second-order valence-electron chi connectivity index (χ2n) is 6.23. The maximum Gasteiger partial charge on any atom is 0.416 e. The van der Waals surface area contributed by atoms with Crippen molar-refractivity contribution in [2.75, 3.05) is 20.2 Å². The average molecular weight is 395 g/mol. The standard InChI is InChI=1S/C18H25F3N2O2.ClH/c1-5-10-25-16-7-6-13(18(19,20)21)11-14(16)17(24)23(4)9-8-15(22)12(2)3;/h5-7,11-12,15H,1,8-10,22H2,2-4H3;1H. The molecule has 1 unspecified atom stereocenters. The van der Waals surface area contributed by atoms with E-state index in [-0.39, 0.29) is 42.3 Å². The van der Waals surface area contributed by atoms with Crippen molar-refractivity contribution in [3.05, 3.63) is 42.0 Å². The third-order valence-electron chi connectivity index (χ3n) is 3.89. The Morgan fingerprint density at radius 3 is 2.50 bits per heavy atom. The smallest absolute Gasteiger partial charge is 0.416 e. The molecule has 26 heavy (non-hydrogen) atoms.